The van der Waals surface area contributed by atoms with Crippen LogP contribution in [0, 0.1) is 0 Å². The lowest BCUT2D eigenvalue weighted by Gasteiger charge is -1.78. The molecule has 2 heterocycles. The first-order valence-electron chi connectivity index (χ1n) is 2.76. The Bertz CT molecular complexity index is 344. The summed E-state index contributed by atoms with van der Waals surface area (Å²) in [6.07, 6.45) is 1.48. The topological polar surface area (TPSA) is 51.8 Å². The summed E-state index contributed by atoms with van der Waals surface area (Å²) in [6.45, 7) is 0. The predicted octanol–water partition coefficient (Wildman–Crippen LogP) is 1.85. The van der Waals surface area contributed by atoms with Crippen molar-refractivity contribution in [2.75, 3.05) is 0 Å². The van der Waals surface area contributed by atoms with Crippen LogP contribution in [0.1, 0.15) is 0 Å². The highest BCUT2D eigenvalue weighted by molar-refractivity contribution is 7.18. The van der Waals surface area contributed by atoms with Crippen LogP contribution in [0.5, 0.6) is 0 Å². The number of nitrogens with zero attached hydrogens (tertiary/aromatic N) is 3. The molecule has 0 bridgehead atoms. The van der Waals surface area contributed by atoms with Crippen LogP contribution in [0.25, 0.3) is 10.7 Å². The Morgan fingerprint density at radius 1 is 1.45 bits per heavy atom. The van der Waals surface area contributed by atoms with E-state index in [1.54, 1.807) is 6.07 Å². The van der Waals surface area contributed by atoms with Gasteiger partial charge in [-0.1, -0.05) is 16.5 Å². The van der Waals surface area contributed by atoms with Gasteiger partial charge in [-0.2, -0.15) is 0 Å². The van der Waals surface area contributed by atoms with Crippen LogP contribution >= 0.6 is 22.9 Å². The van der Waals surface area contributed by atoms with E-state index in [-0.39, 0.29) is 0 Å². The molecule has 0 aliphatic heterocycles. The second kappa shape index (κ2) is 2.60. The lowest BCUT2D eigenvalue weighted by Crippen LogP contribution is -1.73. The van der Waals surface area contributed by atoms with Gasteiger partial charge in [0.1, 0.15) is 12.0 Å². The zero-order chi connectivity index (χ0) is 7.68. The van der Waals surface area contributed by atoms with E-state index in [2.05, 4.69) is 19.9 Å². The molecule has 0 atom stereocenters. The van der Waals surface area contributed by atoms with Crippen LogP contribution in [-0.4, -0.2) is 15.4 Å². The first kappa shape index (κ1) is 6.75. The second-order valence-corrected chi connectivity index (χ2v) is 3.30. The Balaban J connectivity index is 2.45. The van der Waals surface area contributed by atoms with Crippen LogP contribution < -0.4 is 0 Å². The number of rotatable bonds is 1. The highest BCUT2D eigenvalue weighted by Crippen LogP contribution is 2.23. The fraction of sp³-hybridized carbons (Fsp3) is 0. The molecule has 0 fully saturated rings. The molecule has 0 aliphatic rings. The molecule has 0 saturated heterocycles. The zero-order valence-electron chi connectivity index (χ0n) is 5.19. The lowest BCUT2D eigenvalue weighted by atomic mass is 10.5. The maximum Gasteiger partial charge on any atom is 0.207 e. The molecular formula is C5H2ClN3OS. The van der Waals surface area contributed by atoms with E-state index in [4.69, 9.17) is 11.6 Å². The Morgan fingerprint density at radius 2 is 2.36 bits per heavy atom. The molecule has 0 unspecified atom stereocenters. The van der Waals surface area contributed by atoms with Crippen LogP contribution in [-0.2, 0) is 0 Å². The molecule has 56 valence electrons. The van der Waals surface area contributed by atoms with Crippen molar-refractivity contribution in [2.45, 2.75) is 0 Å². The third kappa shape index (κ3) is 1.24. The molecule has 2 rings (SSSR count). The van der Waals surface area contributed by atoms with E-state index >= 15 is 0 Å². The average Bonchev–Trinajstić information content (AvgIpc) is 2.55. The fourth-order valence-electron chi connectivity index (χ4n) is 0.632. The molecule has 2 aromatic rings. The minimum atomic E-state index is 0.406. The maximum atomic E-state index is 5.56. The summed E-state index contributed by atoms with van der Waals surface area (Å²) in [5.41, 5.74) is 0.661. The van der Waals surface area contributed by atoms with Crippen molar-refractivity contribution < 1.29 is 4.52 Å². The minimum Gasteiger partial charge on any atom is -0.364 e. The number of hydrogen-bond donors (Lipinski definition) is 0. The van der Waals surface area contributed by atoms with Crippen LogP contribution in [0.4, 0.5) is 0 Å². The van der Waals surface area contributed by atoms with E-state index in [1.807, 2.05) is 0 Å². The SMILES string of the molecule is Clc1nnc(-c2ccon2)s1. The fourth-order valence-corrected chi connectivity index (χ4v) is 1.42. The van der Waals surface area contributed by atoms with Crippen molar-refractivity contribution in [3.05, 3.63) is 16.8 Å². The molecule has 0 saturated carbocycles. The van der Waals surface area contributed by atoms with Crippen LogP contribution in [0.2, 0.25) is 4.47 Å². The van der Waals surface area contributed by atoms with Gasteiger partial charge in [-0.15, -0.1) is 10.2 Å². The number of halogens is 1. The highest BCUT2D eigenvalue weighted by Gasteiger charge is 2.06. The molecule has 0 radical (unpaired) electrons. The van der Waals surface area contributed by atoms with Gasteiger partial charge < -0.3 is 4.52 Å². The van der Waals surface area contributed by atoms with E-state index in [1.165, 1.54) is 17.6 Å². The van der Waals surface area contributed by atoms with Crippen molar-refractivity contribution >= 4 is 22.9 Å². The third-order valence-electron chi connectivity index (χ3n) is 1.06. The molecule has 0 spiro atoms. The Morgan fingerprint density at radius 3 is 2.91 bits per heavy atom. The van der Waals surface area contributed by atoms with Gasteiger partial charge in [0.05, 0.1) is 0 Å². The molecule has 2 aromatic heterocycles. The summed E-state index contributed by atoms with van der Waals surface area (Å²) >= 11 is 6.83. The normalized spacial score (nSPS) is 10.3. The van der Waals surface area contributed by atoms with E-state index in [9.17, 15) is 0 Å². The predicted molar refractivity (Wildman–Crippen MR) is 40.4 cm³/mol. The summed E-state index contributed by atoms with van der Waals surface area (Å²) < 4.78 is 5.03. The average molecular weight is 188 g/mol. The number of hydrogen-bond acceptors (Lipinski definition) is 5. The summed E-state index contributed by atoms with van der Waals surface area (Å²) in [5.74, 6) is 0. The van der Waals surface area contributed by atoms with Gasteiger partial charge in [0.25, 0.3) is 0 Å². The first-order chi connectivity index (χ1) is 5.36. The quantitative estimate of drug-likeness (QED) is 0.684. The molecule has 0 aromatic carbocycles. The van der Waals surface area contributed by atoms with Crippen molar-refractivity contribution in [3.63, 3.8) is 0 Å². The van der Waals surface area contributed by atoms with Crippen LogP contribution in [0.3, 0.4) is 0 Å². The van der Waals surface area contributed by atoms with Crippen LogP contribution in [0.15, 0.2) is 16.9 Å². The molecule has 0 N–H and O–H groups in total. The summed E-state index contributed by atoms with van der Waals surface area (Å²) in [7, 11) is 0. The van der Waals surface area contributed by atoms with Crippen molar-refractivity contribution in [3.8, 4) is 10.7 Å². The van der Waals surface area contributed by atoms with Gasteiger partial charge in [0, 0.05) is 6.07 Å². The van der Waals surface area contributed by atoms with E-state index in [0.29, 0.717) is 15.2 Å². The number of aromatic nitrogens is 3. The molecule has 0 aliphatic carbocycles. The summed E-state index contributed by atoms with van der Waals surface area (Å²) in [5, 5.41) is 11.7. The van der Waals surface area contributed by atoms with Gasteiger partial charge in [-0.3, -0.25) is 0 Å². The molecule has 4 nitrogen and oxygen atoms in total. The largest absolute Gasteiger partial charge is 0.364 e. The molecule has 6 heteroatoms. The molecule has 0 amide bonds. The van der Waals surface area contributed by atoms with Gasteiger partial charge in [0.2, 0.25) is 4.47 Å². The van der Waals surface area contributed by atoms with Gasteiger partial charge >= 0.3 is 0 Å². The Hall–Kier alpha value is -0.940. The standard InChI is InChI=1S/C5H2ClN3OS/c6-5-8-7-4(11-5)3-1-2-10-9-3/h1-2H. The Labute approximate surface area is 70.8 Å². The second-order valence-electron chi connectivity index (χ2n) is 1.74. The van der Waals surface area contributed by atoms with E-state index < -0.39 is 0 Å². The highest BCUT2D eigenvalue weighted by atomic mass is 35.5. The maximum absolute atomic E-state index is 5.56. The van der Waals surface area contributed by atoms with Crippen molar-refractivity contribution in [1.82, 2.24) is 15.4 Å². The zero-order valence-corrected chi connectivity index (χ0v) is 6.76. The smallest absolute Gasteiger partial charge is 0.207 e. The third-order valence-corrected chi connectivity index (χ3v) is 2.10. The van der Waals surface area contributed by atoms with Gasteiger partial charge in [-0.05, 0) is 11.6 Å². The first-order valence-corrected chi connectivity index (χ1v) is 3.95. The Kier molecular flexibility index (Phi) is 1.59. The minimum absolute atomic E-state index is 0.406. The summed E-state index contributed by atoms with van der Waals surface area (Å²) in [4.78, 5) is 0. The summed E-state index contributed by atoms with van der Waals surface area (Å²) in [6, 6.07) is 1.71. The lowest BCUT2D eigenvalue weighted by molar-refractivity contribution is 0.422. The molecular weight excluding hydrogens is 186 g/mol. The van der Waals surface area contributed by atoms with Crippen molar-refractivity contribution in [1.29, 1.82) is 0 Å². The molecule has 11 heavy (non-hydrogen) atoms. The van der Waals surface area contributed by atoms with E-state index in [0.717, 1.165) is 0 Å². The van der Waals surface area contributed by atoms with Gasteiger partial charge in [0.15, 0.2) is 5.01 Å². The van der Waals surface area contributed by atoms with Gasteiger partial charge in [-0.25, -0.2) is 0 Å². The van der Waals surface area contributed by atoms with Crippen molar-refractivity contribution in [2.24, 2.45) is 0 Å². The monoisotopic (exact) mass is 187 g/mol.